The first-order valence-electron chi connectivity index (χ1n) is 10.6. The van der Waals surface area contributed by atoms with E-state index in [1.165, 1.54) is 5.69 Å². The molecule has 7 nitrogen and oxygen atoms in total. The van der Waals surface area contributed by atoms with Crippen LogP contribution < -0.4 is 20.3 Å². The highest BCUT2D eigenvalue weighted by atomic mass is 16.5. The third-order valence-corrected chi connectivity index (χ3v) is 5.72. The minimum atomic E-state index is -0.426. The Bertz CT molecular complexity index is 1000. The topological polar surface area (TPSA) is 71.4 Å². The van der Waals surface area contributed by atoms with Crippen molar-refractivity contribution in [3.63, 3.8) is 0 Å². The van der Waals surface area contributed by atoms with E-state index in [2.05, 4.69) is 32.7 Å². The van der Waals surface area contributed by atoms with Crippen LogP contribution in [-0.2, 0) is 7.05 Å². The van der Waals surface area contributed by atoms with Gasteiger partial charge in [-0.05, 0) is 31.0 Å². The van der Waals surface area contributed by atoms with Gasteiger partial charge in [0.15, 0.2) is 0 Å². The highest BCUT2D eigenvalue weighted by molar-refractivity contribution is 5.75. The summed E-state index contributed by atoms with van der Waals surface area (Å²) in [5, 5.41) is 6.29. The van der Waals surface area contributed by atoms with E-state index in [-0.39, 0.29) is 12.1 Å². The number of carbonyl (C=O) groups excluding carboxylic acids is 1. The Hall–Kier alpha value is -3.48. The number of carbonyl (C=O) groups is 1. The molecule has 2 N–H and O–H groups in total. The number of methoxy groups -OCH3 is 1. The molecule has 1 aliphatic heterocycles. The van der Waals surface area contributed by atoms with Gasteiger partial charge in [0, 0.05) is 49.8 Å². The van der Waals surface area contributed by atoms with E-state index in [0.29, 0.717) is 5.75 Å². The van der Waals surface area contributed by atoms with E-state index in [9.17, 15) is 4.79 Å². The average Bonchev–Trinajstić information content (AvgIpc) is 3.24. The summed E-state index contributed by atoms with van der Waals surface area (Å²) in [5.74, 6) is 1.46. The van der Waals surface area contributed by atoms with Gasteiger partial charge in [-0.2, -0.15) is 0 Å². The number of aromatic nitrogens is 2. The quantitative estimate of drug-likeness (QED) is 0.642. The summed E-state index contributed by atoms with van der Waals surface area (Å²) in [4.78, 5) is 19.8. The predicted octanol–water partition coefficient (Wildman–Crippen LogP) is 3.49. The summed E-state index contributed by atoms with van der Waals surface area (Å²) in [7, 11) is 3.55. The fourth-order valence-corrected chi connectivity index (χ4v) is 4.17. The molecule has 2 aromatic carbocycles. The molecule has 2 atom stereocenters. The molecule has 7 heteroatoms. The number of anilines is 1. The predicted molar refractivity (Wildman–Crippen MR) is 121 cm³/mol. The average molecular weight is 420 g/mol. The number of nitrogens with zero attached hydrogens (tertiary/aromatic N) is 3. The Labute approximate surface area is 183 Å². The molecule has 0 spiro atoms. The number of urea groups is 1. The molecule has 0 aliphatic carbocycles. The van der Waals surface area contributed by atoms with Crippen molar-refractivity contribution >= 4 is 11.7 Å². The van der Waals surface area contributed by atoms with E-state index in [1.807, 2.05) is 60.3 Å². The zero-order chi connectivity index (χ0) is 21.6. The van der Waals surface area contributed by atoms with Gasteiger partial charge < -0.3 is 24.8 Å². The summed E-state index contributed by atoms with van der Waals surface area (Å²) in [6.07, 6.45) is 5.60. The van der Waals surface area contributed by atoms with E-state index in [4.69, 9.17) is 4.74 Å². The molecule has 31 heavy (non-hydrogen) atoms. The third kappa shape index (κ3) is 4.82. The molecule has 1 aromatic heterocycles. The number of imidazole rings is 1. The molecule has 0 saturated carbocycles. The summed E-state index contributed by atoms with van der Waals surface area (Å²) >= 11 is 0. The van der Waals surface area contributed by atoms with Crippen molar-refractivity contribution in [2.45, 2.75) is 24.9 Å². The zero-order valence-corrected chi connectivity index (χ0v) is 18.0. The van der Waals surface area contributed by atoms with Crippen LogP contribution in [0, 0.1) is 0 Å². The highest BCUT2D eigenvalue weighted by Gasteiger charge is 2.26. The molecule has 0 radical (unpaired) electrons. The lowest BCUT2D eigenvalue weighted by molar-refractivity contribution is 0.232. The monoisotopic (exact) mass is 419 g/mol. The number of rotatable bonds is 6. The fourth-order valence-electron chi connectivity index (χ4n) is 4.17. The molecule has 162 valence electrons. The van der Waals surface area contributed by atoms with Crippen molar-refractivity contribution in [2.24, 2.45) is 7.05 Å². The number of amides is 2. The molecule has 1 saturated heterocycles. The van der Waals surface area contributed by atoms with Crippen LogP contribution in [-0.4, -0.2) is 41.8 Å². The van der Waals surface area contributed by atoms with E-state index >= 15 is 0 Å². The number of piperidine rings is 1. The summed E-state index contributed by atoms with van der Waals surface area (Å²) in [6, 6.07) is 17.5. The molecular weight excluding hydrogens is 390 g/mol. The van der Waals surface area contributed by atoms with Crippen LogP contribution in [0.3, 0.4) is 0 Å². The fraction of sp³-hybridized carbons (Fsp3) is 0.333. The van der Waals surface area contributed by atoms with Crippen LogP contribution in [0.15, 0.2) is 67.0 Å². The number of nitrogens with one attached hydrogen (secondary N) is 2. The Morgan fingerprint density at radius 3 is 2.68 bits per heavy atom. The van der Waals surface area contributed by atoms with Crippen LogP contribution in [0.5, 0.6) is 5.75 Å². The van der Waals surface area contributed by atoms with Crippen LogP contribution >= 0.6 is 0 Å². The van der Waals surface area contributed by atoms with Gasteiger partial charge in [0.2, 0.25) is 0 Å². The minimum Gasteiger partial charge on any atom is -0.496 e. The van der Waals surface area contributed by atoms with Crippen LogP contribution in [0.2, 0.25) is 0 Å². The smallest absolute Gasteiger partial charge is 0.315 e. The normalized spacial score (nSPS) is 17.1. The lowest BCUT2D eigenvalue weighted by atomic mass is 10.0. The standard InChI is InChI=1S/C24H29N5O2/c1-28-16-14-25-23(28)22(20-12-6-7-13-21(20)31-2)27-24(30)26-18-9-8-15-29(17-18)19-10-4-3-5-11-19/h3-7,10-14,16,18,22H,8-9,15,17H2,1-2H3,(H2,26,27,30). The number of ether oxygens (including phenoxy) is 1. The van der Waals surface area contributed by atoms with Crippen molar-refractivity contribution < 1.29 is 9.53 Å². The molecule has 4 rings (SSSR count). The first-order chi connectivity index (χ1) is 15.2. The van der Waals surface area contributed by atoms with Crippen LogP contribution in [0.25, 0.3) is 0 Å². The van der Waals surface area contributed by atoms with Crippen molar-refractivity contribution in [3.05, 3.63) is 78.4 Å². The zero-order valence-electron chi connectivity index (χ0n) is 18.0. The maximum atomic E-state index is 13.0. The maximum absolute atomic E-state index is 13.0. The van der Waals surface area contributed by atoms with Crippen LogP contribution in [0.4, 0.5) is 10.5 Å². The highest BCUT2D eigenvalue weighted by Crippen LogP contribution is 2.29. The van der Waals surface area contributed by atoms with Crippen molar-refractivity contribution in [1.29, 1.82) is 0 Å². The molecule has 2 heterocycles. The Kier molecular flexibility index (Phi) is 6.40. The Morgan fingerprint density at radius 1 is 1.16 bits per heavy atom. The number of hydrogen-bond donors (Lipinski definition) is 2. The first-order valence-corrected chi connectivity index (χ1v) is 10.6. The van der Waals surface area contributed by atoms with Crippen molar-refractivity contribution in [3.8, 4) is 5.75 Å². The van der Waals surface area contributed by atoms with Crippen molar-refractivity contribution in [2.75, 3.05) is 25.1 Å². The van der Waals surface area contributed by atoms with Crippen LogP contribution in [0.1, 0.15) is 30.3 Å². The van der Waals surface area contributed by atoms with Gasteiger partial charge in [-0.25, -0.2) is 9.78 Å². The first kappa shape index (κ1) is 20.8. The van der Waals surface area contributed by atoms with E-state index in [0.717, 1.165) is 37.3 Å². The van der Waals surface area contributed by atoms with Gasteiger partial charge >= 0.3 is 6.03 Å². The molecule has 2 unspecified atom stereocenters. The Morgan fingerprint density at radius 2 is 1.94 bits per heavy atom. The third-order valence-electron chi connectivity index (χ3n) is 5.72. The molecule has 0 bridgehead atoms. The van der Waals surface area contributed by atoms with E-state index in [1.54, 1.807) is 13.3 Å². The summed E-state index contributed by atoms with van der Waals surface area (Å²) in [6.45, 7) is 1.79. The lowest BCUT2D eigenvalue weighted by Gasteiger charge is -2.35. The van der Waals surface area contributed by atoms with Gasteiger partial charge in [-0.15, -0.1) is 0 Å². The summed E-state index contributed by atoms with van der Waals surface area (Å²) < 4.78 is 7.46. The Balaban J connectivity index is 1.48. The number of benzene rings is 2. The van der Waals surface area contributed by atoms with Gasteiger partial charge in [-0.3, -0.25) is 0 Å². The molecule has 1 fully saturated rings. The number of hydrogen-bond acceptors (Lipinski definition) is 4. The molecule has 1 aliphatic rings. The van der Waals surface area contributed by atoms with Gasteiger partial charge in [0.05, 0.1) is 7.11 Å². The maximum Gasteiger partial charge on any atom is 0.315 e. The number of aryl methyl sites for hydroxylation is 1. The SMILES string of the molecule is COc1ccccc1C(NC(=O)NC1CCCN(c2ccccc2)C1)c1nccn1C. The molecule has 2 amide bonds. The van der Waals surface area contributed by atoms with Gasteiger partial charge in [0.1, 0.15) is 17.6 Å². The van der Waals surface area contributed by atoms with Gasteiger partial charge in [-0.1, -0.05) is 36.4 Å². The lowest BCUT2D eigenvalue weighted by Crippen LogP contribution is -2.51. The largest absolute Gasteiger partial charge is 0.496 e. The minimum absolute atomic E-state index is 0.0775. The second-order valence-corrected chi connectivity index (χ2v) is 7.81. The molecule has 3 aromatic rings. The van der Waals surface area contributed by atoms with Crippen molar-refractivity contribution in [1.82, 2.24) is 20.2 Å². The second kappa shape index (κ2) is 9.55. The second-order valence-electron chi connectivity index (χ2n) is 7.81. The van der Waals surface area contributed by atoms with E-state index < -0.39 is 6.04 Å². The molecular formula is C24H29N5O2. The summed E-state index contributed by atoms with van der Waals surface area (Å²) in [5.41, 5.74) is 2.05. The van der Waals surface area contributed by atoms with Gasteiger partial charge in [0.25, 0.3) is 0 Å². The number of para-hydroxylation sites is 2.